The summed E-state index contributed by atoms with van der Waals surface area (Å²) in [6, 6.07) is 15.8. The van der Waals surface area contributed by atoms with Crippen LogP contribution in [0.25, 0.3) is 11.1 Å². The second-order valence-corrected chi connectivity index (χ2v) is 4.47. The van der Waals surface area contributed by atoms with Crippen molar-refractivity contribution in [3.05, 3.63) is 48.0 Å². The van der Waals surface area contributed by atoms with Gasteiger partial charge < -0.3 is 9.64 Å². The molecule has 0 spiro atoms. The van der Waals surface area contributed by atoms with Gasteiger partial charge in [-0.2, -0.15) is 5.26 Å². The van der Waals surface area contributed by atoms with Crippen molar-refractivity contribution in [1.82, 2.24) is 0 Å². The van der Waals surface area contributed by atoms with Gasteiger partial charge in [0.25, 0.3) is 0 Å². The van der Waals surface area contributed by atoms with E-state index in [0.717, 1.165) is 22.6 Å². The maximum absolute atomic E-state index is 8.99. The number of rotatable bonds is 3. The molecule has 0 fully saturated rings. The van der Waals surface area contributed by atoms with Crippen molar-refractivity contribution in [2.75, 3.05) is 26.1 Å². The van der Waals surface area contributed by atoms with Crippen molar-refractivity contribution >= 4 is 5.69 Å². The summed E-state index contributed by atoms with van der Waals surface area (Å²) in [5.41, 5.74) is 3.75. The first-order chi connectivity index (χ1) is 9.15. The van der Waals surface area contributed by atoms with E-state index in [1.807, 2.05) is 55.4 Å². The average Bonchev–Trinajstić information content (AvgIpc) is 2.46. The predicted octanol–water partition coefficient (Wildman–Crippen LogP) is 3.30. The molecular weight excluding hydrogens is 236 g/mol. The van der Waals surface area contributed by atoms with Gasteiger partial charge in [0.15, 0.2) is 0 Å². The van der Waals surface area contributed by atoms with Gasteiger partial charge in [-0.25, -0.2) is 0 Å². The lowest BCUT2D eigenvalue weighted by atomic mass is 10.0. The van der Waals surface area contributed by atoms with Gasteiger partial charge in [0.2, 0.25) is 0 Å². The van der Waals surface area contributed by atoms with E-state index >= 15 is 0 Å². The molecule has 0 unspecified atom stereocenters. The number of hydrogen-bond donors (Lipinski definition) is 0. The van der Waals surface area contributed by atoms with E-state index in [4.69, 9.17) is 10.00 Å². The number of nitriles is 1. The van der Waals surface area contributed by atoms with Crippen LogP contribution in [-0.4, -0.2) is 21.2 Å². The fourth-order valence-corrected chi connectivity index (χ4v) is 1.94. The molecule has 0 saturated carbocycles. The Morgan fingerprint density at radius 3 is 2.26 bits per heavy atom. The molecule has 96 valence electrons. The van der Waals surface area contributed by atoms with E-state index in [1.54, 1.807) is 13.2 Å². The van der Waals surface area contributed by atoms with Crippen molar-refractivity contribution < 1.29 is 4.74 Å². The van der Waals surface area contributed by atoms with E-state index in [1.165, 1.54) is 0 Å². The van der Waals surface area contributed by atoms with Gasteiger partial charge >= 0.3 is 0 Å². The first-order valence-electron chi connectivity index (χ1n) is 6.01. The van der Waals surface area contributed by atoms with E-state index < -0.39 is 0 Å². The molecule has 0 bridgehead atoms. The number of ether oxygens (including phenoxy) is 1. The Labute approximate surface area is 113 Å². The summed E-state index contributed by atoms with van der Waals surface area (Å²) in [5.74, 6) is 0.775. The summed E-state index contributed by atoms with van der Waals surface area (Å²) in [4.78, 5) is 2.05. The topological polar surface area (TPSA) is 36.3 Å². The van der Waals surface area contributed by atoms with Gasteiger partial charge in [-0.15, -0.1) is 0 Å². The van der Waals surface area contributed by atoms with E-state index in [2.05, 4.69) is 6.07 Å². The molecule has 3 nitrogen and oxygen atoms in total. The van der Waals surface area contributed by atoms with Crippen LogP contribution < -0.4 is 9.64 Å². The van der Waals surface area contributed by atoms with Gasteiger partial charge in [0, 0.05) is 25.3 Å². The van der Waals surface area contributed by atoms with Gasteiger partial charge in [0.05, 0.1) is 18.7 Å². The van der Waals surface area contributed by atoms with Crippen molar-refractivity contribution in [3.63, 3.8) is 0 Å². The van der Waals surface area contributed by atoms with Crippen LogP contribution in [0.5, 0.6) is 5.75 Å². The van der Waals surface area contributed by atoms with Crippen molar-refractivity contribution in [3.8, 4) is 22.9 Å². The van der Waals surface area contributed by atoms with Crippen LogP contribution >= 0.6 is 0 Å². The highest BCUT2D eigenvalue weighted by Crippen LogP contribution is 2.31. The Balaban J connectivity index is 2.48. The third kappa shape index (κ3) is 2.69. The summed E-state index contributed by atoms with van der Waals surface area (Å²) in [5, 5.41) is 8.99. The molecule has 2 rings (SSSR count). The lowest BCUT2D eigenvalue weighted by Crippen LogP contribution is -2.07. The lowest BCUT2D eigenvalue weighted by Gasteiger charge is -2.14. The Morgan fingerprint density at radius 1 is 1.05 bits per heavy atom. The van der Waals surface area contributed by atoms with Gasteiger partial charge in [-0.05, 0) is 35.9 Å². The third-order valence-electron chi connectivity index (χ3n) is 3.02. The van der Waals surface area contributed by atoms with Crippen LogP contribution in [0.15, 0.2) is 42.5 Å². The third-order valence-corrected chi connectivity index (χ3v) is 3.02. The zero-order valence-corrected chi connectivity index (χ0v) is 11.3. The smallest absolute Gasteiger partial charge is 0.126 e. The molecule has 2 aromatic carbocycles. The molecule has 0 saturated heterocycles. The standard InChI is InChI=1S/C16H16N2O/c1-18(2)14-7-5-13(6-8-14)15-10-12(11-17)4-9-16(15)19-3/h4-10H,1-3H3. The molecule has 0 aromatic heterocycles. The average molecular weight is 252 g/mol. The first-order valence-corrected chi connectivity index (χ1v) is 6.01. The number of nitrogens with zero attached hydrogens (tertiary/aromatic N) is 2. The van der Waals surface area contributed by atoms with Crippen LogP contribution in [-0.2, 0) is 0 Å². The minimum atomic E-state index is 0.632. The predicted molar refractivity (Wildman–Crippen MR) is 77.5 cm³/mol. The molecule has 3 heteroatoms. The maximum atomic E-state index is 8.99. The maximum Gasteiger partial charge on any atom is 0.126 e. The quantitative estimate of drug-likeness (QED) is 0.841. The summed E-state index contributed by atoms with van der Waals surface area (Å²) < 4.78 is 5.36. The van der Waals surface area contributed by atoms with E-state index in [0.29, 0.717) is 5.56 Å². The van der Waals surface area contributed by atoms with Crippen molar-refractivity contribution in [1.29, 1.82) is 5.26 Å². The normalized spacial score (nSPS) is 9.79. The van der Waals surface area contributed by atoms with Crippen LogP contribution in [0.2, 0.25) is 0 Å². The molecule has 0 aliphatic carbocycles. The molecule has 19 heavy (non-hydrogen) atoms. The molecule has 0 aliphatic rings. The van der Waals surface area contributed by atoms with Crippen molar-refractivity contribution in [2.24, 2.45) is 0 Å². The Kier molecular flexibility index (Phi) is 3.72. The fourth-order valence-electron chi connectivity index (χ4n) is 1.94. The summed E-state index contributed by atoms with van der Waals surface area (Å²) in [7, 11) is 5.65. The lowest BCUT2D eigenvalue weighted by molar-refractivity contribution is 0.416. The zero-order valence-electron chi connectivity index (χ0n) is 11.3. The molecule has 0 radical (unpaired) electrons. The number of benzene rings is 2. The highest BCUT2D eigenvalue weighted by Gasteiger charge is 2.07. The highest BCUT2D eigenvalue weighted by atomic mass is 16.5. The van der Waals surface area contributed by atoms with Crippen LogP contribution in [0.1, 0.15) is 5.56 Å². The Bertz CT molecular complexity index is 610. The van der Waals surface area contributed by atoms with E-state index in [-0.39, 0.29) is 0 Å². The summed E-state index contributed by atoms with van der Waals surface area (Å²) in [6.45, 7) is 0. The first kappa shape index (κ1) is 13.0. The minimum Gasteiger partial charge on any atom is -0.496 e. The fraction of sp³-hybridized carbons (Fsp3) is 0.188. The Hall–Kier alpha value is -2.47. The van der Waals surface area contributed by atoms with Crippen LogP contribution in [0.3, 0.4) is 0 Å². The van der Waals surface area contributed by atoms with Gasteiger partial charge in [-0.3, -0.25) is 0 Å². The molecule has 0 N–H and O–H groups in total. The highest BCUT2D eigenvalue weighted by molar-refractivity contribution is 5.73. The molecule has 0 heterocycles. The second-order valence-electron chi connectivity index (χ2n) is 4.47. The molecule has 0 amide bonds. The molecule has 0 aliphatic heterocycles. The molecule has 0 atom stereocenters. The Morgan fingerprint density at radius 2 is 1.74 bits per heavy atom. The van der Waals surface area contributed by atoms with Crippen molar-refractivity contribution in [2.45, 2.75) is 0 Å². The number of anilines is 1. The number of hydrogen-bond acceptors (Lipinski definition) is 3. The van der Waals surface area contributed by atoms with Crippen LogP contribution in [0, 0.1) is 11.3 Å². The summed E-state index contributed by atoms with van der Waals surface area (Å²) in [6.07, 6.45) is 0. The monoisotopic (exact) mass is 252 g/mol. The molecular formula is C16H16N2O. The second kappa shape index (κ2) is 5.45. The SMILES string of the molecule is COc1ccc(C#N)cc1-c1ccc(N(C)C)cc1. The molecule has 2 aromatic rings. The van der Waals surface area contributed by atoms with Gasteiger partial charge in [-0.1, -0.05) is 12.1 Å². The number of methoxy groups -OCH3 is 1. The zero-order chi connectivity index (χ0) is 13.8. The van der Waals surface area contributed by atoms with E-state index in [9.17, 15) is 0 Å². The largest absolute Gasteiger partial charge is 0.496 e. The van der Waals surface area contributed by atoms with Gasteiger partial charge in [0.1, 0.15) is 5.75 Å². The minimum absolute atomic E-state index is 0.632. The van der Waals surface area contributed by atoms with Crippen LogP contribution in [0.4, 0.5) is 5.69 Å². The summed E-state index contributed by atoms with van der Waals surface area (Å²) >= 11 is 0.